The van der Waals surface area contributed by atoms with Gasteiger partial charge in [0.1, 0.15) is 17.1 Å². The molecule has 0 bridgehead atoms. The number of rotatable bonds is 2. The molecule has 0 spiro atoms. The van der Waals surface area contributed by atoms with Gasteiger partial charge in [-0.15, -0.1) is 0 Å². The Balaban J connectivity index is 2.37. The van der Waals surface area contributed by atoms with E-state index < -0.39 is 0 Å². The van der Waals surface area contributed by atoms with Crippen LogP contribution in [0.2, 0.25) is 0 Å². The zero-order chi connectivity index (χ0) is 11.8. The first-order valence-corrected chi connectivity index (χ1v) is 6.05. The van der Waals surface area contributed by atoms with Crippen molar-refractivity contribution in [2.75, 3.05) is 0 Å². The second-order valence-corrected chi connectivity index (χ2v) is 5.20. The molecule has 1 aromatic rings. The highest BCUT2D eigenvalue weighted by Crippen LogP contribution is 2.39. The fourth-order valence-corrected chi connectivity index (χ4v) is 2.24. The molecule has 0 saturated carbocycles. The zero-order valence-electron chi connectivity index (χ0n) is 10.3. The molecule has 0 aromatic heterocycles. The summed E-state index contributed by atoms with van der Waals surface area (Å²) in [5, 5.41) is 9.95. The van der Waals surface area contributed by atoms with Crippen LogP contribution in [0.25, 0.3) is 0 Å². The summed E-state index contributed by atoms with van der Waals surface area (Å²) in [6.07, 6.45) is 3.94. The lowest BCUT2D eigenvalue weighted by Gasteiger charge is -2.33. The maximum atomic E-state index is 9.95. The van der Waals surface area contributed by atoms with E-state index in [1.165, 1.54) is 0 Å². The number of ether oxygens (including phenoxy) is 1. The molecule has 1 aromatic carbocycles. The van der Waals surface area contributed by atoms with Gasteiger partial charge in [-0.25, -0.2) is 0 Å². The fourth-order valence-electron chi connectivity index (χ4n) is 2.24. The molecule has 2 heteroatoms. The minimum absolute atomic E-state index is 0.107. The maximum absolute atomic E-state index is 9.95. The van der Waals surface area contributed by atoms with Crippen molar-refractivity contribution >= 4 is 0 Å². The van der Waals surface area contributed by atoms with Crippen molar-refractivity contribution in [1.29, 1.82) is 0 Å². The highest BCUT2D eigenvalue weighted by molar-refractivity contribution is 5.48. The third-order valence-electron chi connectivity index (χ3n) is 3.15. The monoisotopic (exact) mass is 220 g/mol. The molecular formula is C14H20O2. The van der Waals surface area contributed by atoms with Gasteiger partial charge in [-0.3, -0.25) is 0 Å². The summed E-state index contributed by atoms with van der Waals surface area (Å²) in [6.45, 7) is 6.33. The lowest BCUT2D eigenvalue weighted by Crippen LogP contribution is -2.32. The average molecular weight is 220 g/mol. The van der Waals surface area contributed by atoms with Crippen LogP contribution in [0.3, 0.4) is 0 Å². The third kappa shape index (κ3) is 2.16. The van der Waals surface area contributed by atoms with Crippen molar-refractivity contribution < 1.29 is 9.84 Å². The lowest BCUT2D eigenvalue weighted by atomic mass is 9.92. The minimum Gasteiger partial charge on any atom is -0.508 e. The highest BCUT2D eigenvalue weighted by Gasteiger charge is 2.28. The van der Waals surface area contributed by atoms with Crippen LogP contribution < -0.4 is 4.74 Å². The molecule has 2 rings (SSSR count). The number of phenols is 1. The van der Waals surface area contributed by atoms with Crippen molar-refractivity contribution in [3.63, 3.8) is 0 Å². The molecular weight excluding hydrogens is 200 g/mol. The molecule has 0 aliphatic carbocycles. The molecule has 0 atom stereocenters. The molecule has 1 aliphatic heterocycles. The van der Waals surface area contributed by atoms with Gasteiger partial charge in [-0.2, -0.15) is 0 Å². The average Bonchev–Trinajstić information content (AvgIpc) is 2.15. The Morgan fingerprint density at radius 1 is 1.38 bits per heavy atom. The van der Waals surface area contributed by atoms with E-state index >= 15 is 0 Å². The van der Waals surface area contributed by atoms with Gasteiger partial charge >= 0.3 is 0 Å². The molecule has 16 heavy (non-hydrogen) atoms. The molecule has 0 fully saturated rings. The van der Waals surface area contributed by atoms with Crippen LogP contribution in [0.4, 0.5) is 0 Å². The van der Waals surface area contributed by atoms with Gasteiger partial charge in [-0.1, -0.05) is 13.3 Å². The van der Waals surface area contributed by atoms with Crippen LogP contribution in [0, 0.1) is 0 Å². The van der Waals surface area contributed by atoms with E-state index in [1.807, 2.05) is 6.07 Å². The van der Waals surface area contributed by atoms with Crippen LogP contribution in [0.5, 0.6) is 11.5 Å². The van der Waals surface area contributed by atoms with Gasteiger partial charge in [0.2, 0.25) is 0 Å². The molecule has 1 heterocycles. The van der Waals surface area contributed by atoms with Gasteiger partial charge in [-0.05, 0) is 50.8 Å². The van der Waals surface area contributed by atoms with E-state index in [2.05, 4.69) is 26.8 Å². The SMILES string of the molecule is CCCc1cc(O)c2c(c1)OC(C)(C)CC2. The Morgan fingerprint density at radius 3 is 2.81 bits per heavy atom. The number of phenolic OH excluding ortho intramolecular Hbond substituents is 1. The molecule has 88 valence electrons. The number of fused-ring (bicyclic) bond motifs is 1. The van der Waals surface area contributed by atoms with Gasteiger partial charge in [0.25, 0.3) is 0 Å². The van der Waals surface area contributed by atoms with Crippen LogP contribution in [-0.4, -0.2) is 10.7 Å². The quantitative estimate of drug-likeness (QED) is 0.827. The number of hydrogen-bond donors (Lipinski definition) is 1. The van der Waals surface area contributed by atoms with Gasteiger partial charge < -0.3 is 9.84 Å². The van der Waals surface area contributed by atoms with Gasteiger partial charge in [0.15, 0.2) is 0 Å². The molecule has 1 aliphatic rings. The first-order chi connectivity index (χ1) is 7.52. The summed E-state index contributed by atoms with van der Waals surface area (Å²) in [4.78, 5) is 0. The maximum Gasteiger partial charge on any atom is 0.127 e. The standard InChI is InChI=1S/C14H20O2/c1-4-5-10-8-12(15)11-6-7-14(2,3)16-13(11)9-10/h8-9,15H,4-7H2,1-3H3. The van der Waals surface area contributed by atoms with Crippen LogP contribution in [-0.2, 0) is 12.8 Å². The smallest absolute Gasteiger partial charge is 0.127 e. The van der Waals surface area contributed by atoms with Crippen LogP contribution in [0.1, 0.15) is 44.7 Å². The number of benzene rings is 1. The third-order valence-corrected chi connectivity index (χ3v) is 3.15. The van der Waals surface area contributed by atoms with Crippen molar-refractivity contribution in [2.24, 2.45) is 0 Å². The summed E-state index contributed by atoms with van der Waals surface area (Å²) in [6, 6.07) is 3.96. The molecule has 2 nitrogen and oxygen atoms in total. The van der Waals surface area contributed by atoms with Crippen molar-refractivity contribution in [3.8, 4) is 11.5 Å². The second-order valence-electron chi connectivity index (χ2n) is 5.20. The van der Waals surface area contributed by atoms with E-state index in [9.17, 15) is 5.11 Å². The Bertz CT molecular complexity index is 394. The Morgan fingerprint density at radius 2 is 2.12 bits per heavy atom. The predicted molar refractivity (Wildman–Crippen MR) is 65.1 cm³/mol. The fraction of sp³-hybridized carbons (Fsp3) is 0.571. The van der Waals surface area contributed by atoms with E-state index in [0.29, 0.717) is 5.75 Å². The van der Waals surface area contributed by atoms with Crippen LogP contribution >= 0.6 is 0 Å². The van der Waals surface area contributed by atoms with E-state index in [0.717, 1.165) is 42.6 Å². The van der Waals surface area contributed by atoms with Crippen molar-refractivity contribution in [2.45, 2.75) is 52.1 Å². The topological polar surface area (TPSA) is 29.5 Å². The normalized spacial score (nSPS) is 17.7. The number of aromatic hydroxyl groups is 1. The van der Waals surface area contributed by atoms with Crippen molar-refractivity contribution in [3.05, 3.63) is 23.3 Å². The second kappa shape index (κ2) is 4.00. The van der Waals surface area contributed by atoms with Crippen molar-refractivity contribution in [1.82, 2.24) is 0 Å². The lowest BCUT2D eigenvalue weighted by molar-refractivity contribution is 0.0836. The summed E-state index contributed by atoms with van der Waals surface area (Å²) in [5.41, 5.74) is 2.03. The van der Waals surface area contributed by atoms with Gasteiger partial charge in [0.05, 0.1) is 0 Å². The molecule has 0 unspecified atom stereocenters. The Hall–Kier alpha value is -1.18. The summed E-state index contributed by atoms with van der Waals surface area (Å²) in [5.74, 6) is 1.27. The molecule has 0 amide bonds. The summed E-state index contributed by atoms with van der Waals surface area (Å²) < 4.78 is 5.93. The minimum atomic E-state index is -0.107. The summed E-state index contributed by atoms with van der Waals surface area (Å²) >= 11 is 0. The first kappa shape index (κ1) is 11.3. The van der Waals surface area contributed by atoms with E-state index in [-0.39, 0.29) is 5.60 Å². The Kier molecular flexibility index (Phi) is 2.83. The molecule has 0 saturated heterocycles. The molecule has 0 radical (unpaired) electrons. The Labute approximate surface area is 97.3 Å². The van der Waals surface area contributed by atoms with E-state index in [4.69, 9.17) is 4.74 Å². The predicted octanol–water partition coefficient (Wildman–Crippen LogP) is 3.45. The molecule has 1 N–H and O–H groups in total. The number of hydrogen-bond acceptors (Lipinski definition) is 2. The van der Waals surface area contributed by atoms with Crippen LogP contribution in [0.15, 0.2) is 12.1 Å². The summed E-state index contributed by atoms with van der Waals surface area (Å²) in [7, 11) is 0. The largest absolute Gasteiger partial charge is 0.508 e. The zero-order valence-corrected chi connectivity index (χ0v) is 10.3. The number of aryl methyl sites for hydroxylation is 1. The van der Waals surface area contributed by atoms with Gasteiger partial charge in [0, 0.05) is 5.56 Å². The first-order valence-electron chi connectivity index (χ1n) is 6.05. The highest BCUT2D eigenvalue weighted by atomic mass is 16.5. The van der Waals surface area contributed by atoms with E-state index in [1.54, 1.807) is 0 Å².